The average Bonchev–Trinajstić information content (AvgIpc) is 3.42. The summed E-state index contributed by atoms with van der Waals surface area (Å²) in [7, 11) is 0. The van der Waals surface area contributed by atoms with E-state index in [2.05, 4.69) is 15.6 Å². The van der Waals surface area contributed by atoms with Crippen molar-refractivity contribution >= 4 is 45.9 Å². The molecule has 0 amide bonds. The molecule has 0 saturated carbocycles. The quantitative estimate of drug-likeness (QED) is 0.228. The zero-order valence-electron chi connectivity index (χ0n) is 23.2. The lowest BCUT2D eigenvalue weighted by molar-refractivity contribution is -0.139. The lowest BCUT2D eigenvalue weighted by Gasteiger charge is -2.24. The molecule has 3 heterocycles. The van der Waals surface area contributed by atoms with Crippen LogP contribution in [-0.4, -0.2) is 21.7 Å². The molecule has 1 aliphatic heterocycles. The highest BCUT2D eigenvalue weighted by Crippen LogP contribution is 2.32. The summed E-state index contributed by atoms with van der Waals surface area (Å²) in [4.78, 5) is 32.3. The number of carbonyl (C=O) groups excluding carboxylic acids is 1. The molecule has 212 valence electrons. The van der Waals surface area contributed by atoms with E-state index in [1.165, 1.54) is 28.0 Å². The second-order valence-corrected chi connectivity index (χ2v) is 11.5. The molecule has 3 aromatic carbocycles. The maximum atomic E-state index is 14.1. The third-order valence-corrected chi connectivity index (χ3v) is 8.90. The van der Waals surface area contributed by atoms with Crippen molar-refractivity contribution in [2.75, 3.05) is 6.61 Å². The van der Waals surface area contributed by atoms with Crippen molar-refractivity contribution in [3.63, 3.8) is 0 Å². The molecule has 9 heteroatoms. The van der Waals surface area contributed by atoms with Crippen molar-refractivity contribution in [3.8, 4) is 0 Å². The van der Waals surface area contributed by atoms with Gasteiger partial charge in [-0.2, -0.15) is 0 Å². The molecular formula is C33H27ClFN3O3S. The van der Waals surface area contributed by atoms with Crippen molar-refractivity contribution in [3.05, 3.63) is 137 Å². The third-order valence-electron chi connectivity index (χ3n) is 7.54. The Balaban J connectivity index is 1.55. The number of carbonyl (C=O) groups is 1. The van der Waals surface area contributed by atoms with Gasteiger partial charge in [0.15, 0.2) is 4.80 Å². The first-order chi connectivity index (χ1) is 20.3. The van der Waals surface area contributed by atoms with Gasteiger partial charge in [-0.3, -0.25) is 9.36 Å². The molecule has 1 atom stereocenters. The first kappa shape index (κ1) is 27.9. The topological polar surface area (TPSA) is 65.6 Å². The van der Waals surface area contributed by atoms with Gasteiger partial charge < -0.3 is 9.30 Å². The Hall–Kier alpha value is -4.27. The van der Waals surface area contributed by atoms with E-state index >= 15 is 0 Å². The number of halogens is 2. The number of hydrogen-bond acceptors (Lipinski definition) is 5. The van der Waals surface area contributed by atoms with Gasteiger partial charge in [0, 0.05) is 33.7 Å². The third kappa shape index (κ3) is 4.80. The van der Waals surface area contributed by atoms with Gasteiger partial charge in [0.05, 0.1) is 28.5 Å². The number of nitrogens with zero attached hydrogens (tertiary/aromatic N) is 3. The maximum Gasteiger partial charge on any atom is 0.338 e. The SMILES string of the molecule is CCOC(=O)C1=C(C)N=c2s/c(=C\c3c(C)n(Cc4ccccc4Cl)c4ccccc34)c(=O)n2[C@H]1c1ccc(F)cc1. The molecule has 0 fully saturated rings. The number of benzene rings is 3. The molecule has 42 heavy (non-hydrogen) atoms. The van der Waals surface area contributed by atoms with Crippen molar-refractivity contribution in [1.29, 1.82) is 0 Å². The van der Waals surface area contributed by atoms with Crippen molar-refractivity contribution < 1.29 is 13.9 Å². The van der Waals surface area contributed by atoms with Crippen LogP contribution in [0, 0.1) is 12.7 Å². The van der Waals surface area contributed by atoms with Gasteiger partial charge in [-0.25, -0.2) is 14.2 Å². The Morgan fingerprint density at radius 1 is 1.07 bits per heavy atom. The van der Waals surface area contributed by atoms with Crippen LogP contribution < -0.4 is 14.9 Å². The minimum absolute atomic E-state index is 0.174. The first-order valence-corrected chi connectivity index (χ1v) is 14.7. The molecule has 0 spiro atoms. The number of aromatic nitrogens is 2. The van der Waals surface area contributed by atoms with Gasteiger partial charge in [0.2, 0.25) is 0 Å². The van der Waals surface area contributed by atoms with Gasteiger partial charge in [-0.05, 0) is 62.2 Å². The molecule has 0 N–H and O–H groups in total. The van der Waals surface area contributed by atoms with E-state index < -0.39 is 17.8 Å². The van der Waals surface area contributed by atoms with E-state index in [-0.39, 0.29) is 17.7 Å². The summed E-state index contributed by atoms with van der Waals surface area (Å²) in [6.45, 7) is 6.23. The van der Waals surface area contributed by atoms with Gasteiger partial charge in [0.25, 0.3) is 5.56 Å². The summed E-state index contributed by atoms with van der Waals surface area (Å²) in [6.07, 6.45) is 1.90. The Morgan fingerprint density at radius 3 is 2.52 bits per heavy atom. The molecule has 6 nitrogen and oxygen atoms in total. The molecule has 2 aromatic heterocycles. The number of para-hydroxylation sites is 1. The minimum Gasteiger partial charge on any atom is -0.463 e. The number of hydrogen-bond donors (Lipinski definition) is 0. The zero-order chi connectivity index (χ0) is 29.5. The number of allylic oxidation sites excluding steroid dienone is 1. The lowest BCUT2D eigenvalue weighted by Crippen LogP contribution is -2.39. The summed E-state index contributed by atoms with van der Waals surface area (Å²) in [6, 6.07) is 20.8. The summed E-state index contributed by atoms with van der Waals surface area (Å²) in [5, 5.41) is 1.70. The van der Waals surface area contributed by atoms with E-state index in [4.69, 9.17) is 16.3 Å². The highest BCUT2D eigenvalue weighted by atomic mass is 35.5. The van der Waals surface area contributed by atoms with Crippen LogP contribution in [0.25, 0.3) is 17.0 Å². The molecule has 5 aromatic rings. The number of fused-ring (bicyclic) bond motifs is 2. The van der Waals surface area contributed by atoms with Crippen LogP contribution >= 0.6 is 22.9 Å². The van der Waals surface area contributed by atoms with E-state index in [0.717, 1.165) is 27.7 Å². The number of thiazole rings is 1. The molecule has 0 unspecified atom stereocenters. The predicted molar refractivity (Wildman–Crippen MR) is 164 cm³/mol. The normalized spacial score (nSPS) is 15.2. The van der Waals surface area contributed by atoms with Crippen LogP contribution in [-0.2, 0) is 16.1 Å². The number of esters is 1. The molecule has 0 aliphatic carbocycles. The van der Waals surface area contributed by atoms with E-state index in [1.54, 1.807) is 26.0 Å². The van der Waals surface area contributed by atoms with Crippen LogP contribution in [0.2, 0.25) is 5.02 Å². The fourth-order valence-corrected chi connectivity index (χ4v) is 6.75. The largest absolute Gasteiger partial charge is 0.463 e. The van der Waals surface area contributed by atoms with Gasteiger partial charge >= 0.3 is 5.97 Å². The van der Waals surface area contributed by atoms with Gasteiger partial charge in [-0.1, -0.05) is 71.5 Å². The van der Waals surface area contributed by atoms with E-state index in [1.807, 2.05) is 55.5 Å². The second kappa shape index (κ2) is 11.2. The Kier molecular flexibility index (Phi) is 7.43. The molecular weight excluding hydrogens is 573 g/mol. The van der Waals surface area contributed by atoms with Crippen LogP contribution in [0.15, 0.2) is 93.9 Å². The summed E-state index contributed by atoms with van der Waals surface area (Å²) >= 11 is 7.76. The Bertz CT molecular complexity index is 2070. The van der Waals surface area contributed by atoms with Gasteiger partial charge in [0.1, 0.15) is 5.82 Å². The summed E-state index contributed by atoms with van der Waals surface area (Å²) < 4.78 is 23.4. The maximum absolute atomic E-state index is 14.1. The lowest BCUT2D eigenvalue weighted by atomic mass is 9.96. The molecule has 0 radical (unpaired) electrons. The second-order valence-electron chi connectivity index (χ2n) is 10.0. The highest BCUT2D eigenvalue weighted by molar-refractivity contribution is 7.07. The van der Waals surface area contributed by atoms with Crippen molar-refractivity contribution in [1.82, 2.24) is 9.13 Å². The Labute approximate surface area is 250 Å². The minimum atomic E-state index is -0.800. The Morgan fingerprint density at radius 2 is 1.79 bits per heavy atom. The fraction of sp³-hybridized carbons (Fsp3) is 0.182. The summed E-state index contributed by atoms with van der Waals surface area (Å²) in [5.41, 5.74) is 4.95. The first-order valence-electron chi connectivity index (χ1n) is 13.5. The van der Waals surface area contributed by atoms with Crippen molar-refractivity contribution in [2.24, 2.45) is 4.99 Å². The number of rotatable bonds is 6. The van der Waals surface area contributed by atoms with Crippen LogP contribution in [0.4, 0.5) is 4.39 Å². The molecule has 1 aliphatic rings. The molecule has 0 bridgehead atoms. The van der Waals surface area contributed by atoms with Crippen LogP contribution in [0.1, 0.15) is 42.3 Å². The predicted octanol–water partition coefficient (Wildman–Crippen LogP) is 5.90. The van der Waals surface area contributed by atoms with Gasteiger partial charge in [-0.15, -0.1) is 0 Å². The monoisotopic (exact) mass is 599 g/mol. The number of ether oxygens (including phenoxy) is 1. The fourth-order valence-electron chi connectivity index (χ4n) is 5.52. The van der Waals surface area contributed by atoms with Crippen LogP contribution in [0.5, 0.6) is 0 Å². The highest BCUT2D eigenvalue weighted by Gasteiger charge is 2.33. The van der Waals surface area contributed by atoms with Crippen LogP contribution in [0.3, 0.4) is 0 Å². The van der Waals surface area contributed by atoms with E-state index in [9.17, 15) is 14.0 Å². The zero-order valence-corrected chi connectivity index (χ0v) is 24.8. The average molecular weight is 600 g/mol. The van der Waals surface area contributed by atoms with Crippen molar-refractivity contribution in [2.45, 2.75) is 33.4 Å². The molecule has 6 rings (SSSR count). The van der Waals surface area contributed by atoms with E-state index in [0.29, 0.717) is 32.2 Å². The summed E-state index contributed by atoms with van der Waals surface area (Å²) in [5.74, 6) is -0.964. The smallest absolute Gasteiger partial charge is 0.338 e. The molecule has 0 saturated heterocycles. The standard InChI is InChI=1S/C33H27ClFN3O3S/c1-4-41-32(40)29-19(2)36-33-38(30(29)21-13-15-23(35)16-14-21)31(39)28(42-33)17-25-20(3)37(27-12-8-6-10-24(25)27)18-22-9-5-7-11-26(22)34/h5-17,30H,4,18H2,1-3H3/b28-17-/t30-/m0/s1.